The van der Waals surface area contributed by atoms with Crippen LogP contribution in [0, 0.1) is 0 Å². The molecule has 2 N–H and O–H groups in total. The molecular formula is C15H23BrN2O2. The highest BCUT2D eigenvalue weighted by Crippen LogP contribution is 2.40. The van der Waals surface area contributed by atoms with E-state index in [0.717, 1.165) is 35.5 Å². The minimum absolute atomic E-state index is 0.215. The molecule has 0 spiro atoms. The van der Waals surface area contributed by atoms with Crippen LogP contribution in [-0.4, -0.2) is 37.7 Å². The first kappa shape index (κ1) is 15.6. The molecule has 0 bridgehead atoms. The van der Waals surface area contributed by atoms with E-state index in [1.807, 2.05) is 0 Å². The fraction of sp³-hybridized carbons (Fsp3) is 0.600. The van der Waals surface area contributed by atoms with Crippen molar-refractivity contribution in [2.24, 2.45) is 5.73 Å². The molecule has 1 unspecified atom stereocenters. The first-order chi connectivity index (χ1) is 9.71. The fourth-order valence-electron chi connectivity index (χ4n) is 2.64. The number of likely N-dealkylation sites (N-methyl/N-ethyl adjacent to an activating group) is 1. The molecule has 5 heteroatoms. The van der Waals surface area contributed by atoms with E-state index in [-0.39, 0.29) is 6.04 Å². The van der Waals surface area contributed by atoms with E-state index in [1.165, 1.54) is 5.56 Å². The molecule has 1 atom stereocenters. The predicted octanol–water partition coefficient (Wildman–Crippen LogP) is 2.95. The standard InChI is InChI=1S/C15H23BrN2O2/c1-3-5-18(4-2)13(10-17)11-8-12(16)15-14(9-11)19-6-7-20-15/h8-9,13H,3-7,10,17H2,1-2H3. The summed E-state index contributed by atoms with van der Waals surface area (Å²) in [5, 5.41) is 0. The van der Waals surface area contributed by atoms with Gasteiger partial charge in [-0.1, -0.05) is 13.8 Å². The lowest BCUT2D eigenvalue weighted by Crippen LogP contribution is -2.34. The van der Waals surface area contributed by atoms with E-state index in [4.69, 9.17) is 15.2 Å². The Morgan fingerprint density at radius 3 is 2.70 bits per heavy atom. The maximum absolute atomic E-state index is 6.01. The number of rotatable bonds is 6. The van der Waals surface area contributed by atoms with Crippen molar-refractivity contribution in [1.29, 1.82) is 0 Å². The molecule has 112 valence electrons. The molecular weight excluding hydrogens is 320 g/mol. The van der Waals surface area contributed by atoms with Crippen LogP contribution in [-0.2, 0) is 0 Å². The van der Waals surface area contributed by atoms with Gasteiger partial charge in [-0.05, 0) is 53.1 Å². The zero-order valence-electron chi connectivity index (χ0n) is 12.2. The van der Waals surface area contributed by atoms with Crippen LogP contribution in [0.4, 0.5) is 0 Å². The summed E-state index contributed by atoms with van der Waals surface area (Å²) in [6, 6.07) is 4.38. The van der Waals surface area contributed by atoms with Gasteiger partial charge in [0.15, 0.2) is 11.5 Å². The molecule has 1 heterocycles. The molecule has 0 aliphatic carbocycles. The summed E-state index contributed by atoms with van der Waals surface area (Å²) in [7, 11) is 0. The Bertz CT molecular complexity index is 454. The van der Waals surface area contributed by atoms with Crippen molar-refractivity contribution < 1.29 is 9.47 Å². The Morgan fingerprint density at radius 2 is 2.05 bits per heavy atom. The average molecular weight is 343 g/mol. The van der Waals surface area contributed by atoms with Gasteiger partial charge in [-0.25, -0.2) is 0 Å². The van der Waals surface area contributed by atoms with Crippen LogP contribution in [0.1, 0.15) is 31.9 Å². The van der Waals surface area contributed by atoms with Crippen molar-refractivity contribution in [3.8, 4) is 11.5 Å². The van der Waals surface area contributed by atoms with Gasteiger partial charge in [0.05, 0.1) is 4.47 Å². The minimum atomic E-state index is 0.215. The molecule has 20 heavy (non-hydrogen) atoms. The molecule has 0 saturated carbocycles. The Labute approximate surface area is 129 Å². The molecule has 0 radical (unpaired) electrons. The summed E-state index contributed by atoms with van der Waals surface area (Å²) < 4.78 is 12.3. The predicted molar refractivity (Wildman–Crippen MR) is 84.5 cm³/mol. The second-order valence-corrected chi connectivity index (χ2v) is 5.76. The van der Waals surface area contributed by atoms with Gasteiger partial charge in [-0.3, -0.25) is 4.90 Å². The lowest BCUT2D eigenvalue weighted by Gasteiger charge is -2.31. The lowest BCUT2D eigenvalue weighted by molar-refractivity contribution is 0.168. The van der Waals surface area contributed by atoms with Crippen LogP contribution >= 0.6 is 15.9 Å². The Balaban J connectivity index is 2.32. The van der Waals surface area contributed by atoms with E-state index in [0.29, 0.717) is 19.8 Å². The molecule has 2 rings (SSSR count). The Hall–Kier alpha value is -0.780. The molecule has 1 aliphatic heterocycles. The highest BCUT2D eigenvalue weighted by Gasteiger charge is 2.22. The van der Waals surface area contributed by atoms with Crippen LogP contribution in [0.15, 0.2) is 16.6 Å². The zero-order valence-corrected chi connectivity index (χ0v) is 13.8. The van der Waals surface area contributed by atoms with E-state index in [9.17, 15) is 0 Å². The zero-order chi connectivity index (χ0) is 14.5. The molecule has 4 nitrogen and oxygen atoms in total. The second-order valence-electron chi connectivity index (χ2n) is 4.91. The van der Waals surface area contributed by atoms with Crippen molar-refractivity contribution in [3.05, 3.63) is 22.2 Å². The topological polar surface area (TPSA) is 47.7 Å². The monoisotopic (exact) mass is 342 g/mol. The lowest BCUT2D eigenvalue weighted by atomic mass is 10.0. The summed E-state index contributed by atoms with van der Waals surface area (Å²) in [6.07, 6.45) is 1.12. The number of ether oxygens (including phenoxy) is 2. The van der Waals surface area contributed by atoms with Gasteiger partial charge in [0, 0.05) is 12.6 Å². The molecule has 1 aromatic rings. The summed E-state index contributed by atoms with van der Waals surface area (Å²) in [5.41, 5.74) is 7.19. The number of hydrogen-bond acceptors (Lipinski definition) is 4. The third-order valence-corrected chi connectivity index (χ3v) is 4.17. The van der Waals surface area contributed by atoms with Gasteiger partial charge < -0.3 is 15.2 Å². The number of nitrogens with two attached hydrogens (primary N) is 1. The van der Waals surface area contributed by atoms with Crippen LogP contribution in [0.25, 0.3) is 0 Å². The van der Waals surface area contributed by atoms with Crippen molar-refractivity contribution >= 4 is 15.9 Å². The third-order valence-electron chi connectivity index (χ3n) is 3.58. The number of nitrogens with zero attached hydrogens (tertiary/aromatic N) is 1. The highest BCUT2D eigenvalue weighted by molar-refractivity contribution is 9.10. The van der Waals surface area contributed by atoms with Crippen molar-refractivity contribution in [2.45, 2.75) is 26.3 Å². The van der Waals surface area contributed by atoms with Crippen molar-refractivity contribution in [2.75, 3.05) is 32.8 Å². The van der Waals surface area contributed by atoms with Gasteiger partial charge in [0.1, 0.15) is 13.2 Å². The number of hydrogen-bond donors (Lipinski definition) is 1. The van der Waals surface area contributed by atoms with Crippen LogP contribution in [0.5, 0.6) is 11.5 Å². The smallest absolute Gasteiger partial charge is 0.175 e. The summed E-state index contributed by atoms with van der Waals surface area (Å²) in [5.74, 6) is 1.61. The van der Waals surface area contributed by atoms with Crippen molar-refractivity contribution in [1.82, 2.24) is 4.90 Å². The SMILES string of the molecule is CCCN(CC)C(CN)c1cc(Br)c2c(c1)OCCO2. The van der Waals surface area contributed by atoms with Gasteiger partial charge in [-0.2, -0.15) is 0 Å². The number of benzene rings is 1. The Kier molecular flexibility index (Phi) is 5.69. The number of halogens is 1. The van der Waals surface area contributed by atoms with Crippen LogP contribution in [0.3, 0.4) is 0 Å². The highest BCUT2D eigenvalue weighted by atomic mass is 79.9. The summed E-state index contributed by atoms with van der Waals surface area (Å²) >= 11 is 3.58. The van der Waals surface area contributed by atoms with E-state index in [1.54, 1.807) is 0 Å². The quantitative estimate of drug-likeness (QED) is 0.863. The minimum Gasteiger partial charge on any atom is -0.486 e. The second kappa shape index (κ2) is 7.29. The largest absolute Gasteiger partial charge is 0.486 e. The summed E-state index contributed by atoms with van der Waals surface area (Å²) in [6.45, 7) is 8.19. The average Bonchev–Trinajstić information content (AvgIpc) is 2.47. The van der Waals surface area contributed by atoms with Gasteiger partial charge >= 0.3 is 0 Å². The van der Waals surface area contributed by atoms with Gasteiger partial charge in [0.25, 0.3) is 0 Å². The summed E-state index contributed by atoms with van der Waals surface area (Å²) in [4.78, 5) is 2.40. The molecule has 0 saturated heterocycles. The number of fused-ring (bicyclic) bond motifs is 1. The molecule has 1 aliphatic rings. The van der Waals surface area contributed by atoms with Gasteiger partial charge in [0.2, 0.25) is 0 Å². The van der Waals surface area contributed by atoms with E-state index < -0.39 is 0 Å². The van der Waals surface area contributed by atoms with Crippen LogP contribution in [0.2, 0.25) is 0 Å². The molecule has 1 aromatic carbocycles. The molecule has 0 amide bonds. The maximum Gasteiger partial charge on any atom is 0.175 e. The van der Waals surface area contributed by atoms with E-state index >= 15 is 0 Å². The van der Waals surface area contributed by atoms with Crippen LogP contribution < -0.4 is 15.2 Å². The molecule has 0 aromatic heterocycles. The first-order valence-electron chi connectivity index (χ1n) is 7.24. The Morgan fingerprint density at radius 1 is 1.30 bits per heavy atom. The fourth-order valence-corrected chi connectivity index (χ4v) is 3.21. The first-order valence-corrected chi connectivity index (χ1v) is 8.03. The maximum atomic E-state index is 6.01. The third kappa shape index (κ3) is 3.27. The normalized spacial score (nSPS) is 15.4. The van der Waals surface area contributed by atoms with Gasteiger partial charge in [-0.15, -0.1) is 0 Å². The van der Waals surface area contributed by atoms with Crippen molar-refractivity contribution in [3.63, 3.8) is 0 Å². The van der Waals surface area contributed by atoms with E-state index in [2.05, 4.69) is 46.8 Å². The molecule has 0 fully saturated rings.